The van der Waals surface area contributed by atoms with Crippen LogP contribution in [0.3, 0.4) is 0 Å². The summed E-state index contributed by atoms with van der Waals surface area (Å²) < 4.78 is 0. The van der Waals surface area contributed by atoms with Crippen LogP contribution in [0.2, 0.25) is 10.0 Å². The number of para-hydroxylation sites is 2. The van der Waals surface area contributed by atoms with Crippen molar-refractivity contribution >= 4 is 52.2 Å². The van der Waals surface area contributed by atoms with E-state index in [1.807, 2.05) is 0 Å². The number of rotatable bonds is 6. The fraction of sp³-hybridized carbons (Fsp3) is 0.133. The van der Waals surface area contributed by atoms with E-state index in [1.54, 1.807) is 30.3 Å². The molecule has 0 saturated heterocycles. The number of nitro groups is 1. The fourth-order valence-electron chi connectivity index (χ4n) is 1.79. The highest BCUT2D eigenvalue weighted by Gasteiger charge is 2.14. The molecule has 0 aromatic heterocycles. The number of thioether (sulfide) groups is 1. The Balaban J connectivity index is 1.91. The van der Waals surface area contributed by atoms with Crippen LogP contribution in [0.25, 0.3) is 0 Å². The SMILES string of the molecule is O=C(CCSc1cc(Cl)ccc1Cl)Nc1ccccc1[N+](=O)[O-]. The molecule has 0 spiro atoms. The van der Waals surface area contributed by atoms with E-state index in [0.717, 1.165) is 4.90 Å². The average molecular weight is 371 g/mol. The van der Waals surface area contributed by atoms with Gasteiger partial charge >= 0.3 is 0 Å². The first-order valence-electron chi connectivity index (χ1n) is 6.58. The average Bonchev–Trinajstić information content (AvgIpc) is 2.51. The Morgan fingerprint density at radius 3 is 2.70 bits per heavy atom. The zero-order valence-corrected chi connectivity index (χ0v) is 14.1. The minimum atomic E-state index is -0.532. The molecule has 0 atom stereocenters. The van der Waals surface area contributed by atoms with Crippen LogP contribution in [0, 0.1) is 10.1 Å². The molecule has 0 saturated carbocycles. The molecular weight excluding hydrogens is 359 g/mol. The second-order valence-corrected chi connectivity index (χ2v) is 6.48. The van der Waals surface area contributed by atoms with Gasteiger partial charge in [-0.3, -0.25) is 14.9 Å². The number of carbonyl (C=O) groups is 1. The molecule has 5 nitrogen and oxygen atoms in total. The van der Waals surface area contributed by atoms with Gasteiger partial charge in [-0.1, -0.05) is 35.3 Å². The Hall–Kier alpha value is -1.76. The minimum Gasteiger partial charge on any atom is -0.320 e. The second-order valence-electron chi connectivity index (χ2n) is 4.50. The van der Waals surface area contributed by atoms with Crippen molar-refractivity contribution in [3.8, 4) is 0 Å². The van der Waals surface area contributed by atoms with Crippen LogP contribution >= 0.6 is 35.0 Å². The Morgan fingerprint density at radius 2 is 1.96 bits per heavy atom. The van der Waals surface area contributed by atoms with Gasteiger partial charge in [0.05, 0.1) is 9.95 Å². The molecule has 0 aliphatic rings. The molecule has 0 bridgehead atoms. The van der Waals surface area contributed by atoms with Crippen molar-refractivity contribution in [1.82, 2.24) is 0 Å². The third kappa shape index (κ3) is 5.13. The molecule has 0 fully saturated rings. The number of nitrogens with zero attached hydrogens (tertiary/aromatic N) is 1. The van der Waals surface area contributed by atoms with E-state index in [4.69, 9.17) is 23.2 Å². The van der Waals surface area contributed by atoms with Crippen molar-refractivity contribution in [1.29, 1.82) is 0 Å². The van der Waals surface area contributed by atoms with Gasteiger partial charge in [0.1, 0.15) is 5.69 Å². The molecule has 120 valence electrons. The smallest absolute Gasteiger partial charge is 0.292 e. The van der Waals surface area contributed by atoms with E-state index in [0.29, 0.717) is 15.8 Å². The maximum atomic E-state index is 11.9. The lowest BCUT2D eigenvalue weighted by atomic mass is 10.2. The number of nitro benzene ring substituents is 1. The molecule has 0 aliphatic carbocycles. The van der Waals surface area contributed by atoms with Gasteiger partial charge in [0.2, 0.25) is 5.91 Å². The maximum Gasteiger partial charge on any atom is 0.292 e. The highest BCUT2D eigenvalue weighted by molar-refractivity contribution is 7.99. The zero-order chi connectivity index (χ0) is 16.8. The first-order valence-corrected chi connectivity index (χ1v) is 8.32. The summed E-state index contributed by atoms with van der Waals surface area (Å²) in [6.45, 7) is 0. The first-order chi connectivity index (χ1) is 11.0. The molecule has 8 heteroatoms. The molecule has 2 rings (SSSR count). The summed E-state index contributed by atoms with van der Waals surface area (Å²) in [5.41, 5.74) is 0.0553. The molecule has 0 unspecified atom stereocenters. The molecule has 1 amide bonds. The van der Waals surface area contributed by atoms with Gasteiger partial charge in [0.15, 0.2) is 0 Å². The monoisotopic (exact) mass is 370 g/mol. The van der Waals surface area contributed by atoms with Crippen LogP contribution in [-0.2, 0) is 4.79 Å². The van der Waals surface area contributed by atoms with E-state index in [2.05, 4.69) is 5.32 Å². The molecule has 1 N–H and O–H groups in total. The number of hydrogen-bond donors (Lipinski definition) is 1. The number of benzene rings is 2. The van der Waals surface area contributed by atoms with Crippen molar-refractivity contribution in [2.24, 2.45) is 0 Å². The fourth-order valence-corrected chi connectivity index (χ4v) is 3.23. The first kappa shape index (κ1) is 17.6. The molecule has 23 heavy (non-hydrogen) atoms. The number of carbonyl (C=O) groups excluding carboxylic acids is 1. The van der Waals surface area contributed by atoms with E-state index in [1.165, 1.54) is 23.9 Å². The second kappa shape index (κ2) is 8.19. The summed E-state index contributed by atoms with van der Waals surface area (Å²) in [5.74, 6) is 0.178. The molecule has 2 aromatic rings. The Morgan fingerprint density at radius 1 is 1.22 bits per heavy atom. The molecule has 0 radical (unpaired) electrons. The van der Waals surface area contributed by atoms with Crippen LogP contribution in [0.1, 0.15) is 6.42 Å². The van der Waals surface area contributed by atoms with Gasteiger partial charge in [-0.05, 0) is 24.3 Å². The van der Waals surface area contributed by atoms with Crippen LogP contribution in [0.5, 0.6) is 0 Å². The van der Waals surface area contributed by atoms with Crippen molar-refractivity contribution < 1.29 is 9.72 Å². The van der Waals surface area contributed by atoms with Gasteiger partial charge in [-0.2, -0.15) is 0 Å². The van der Waals surface area contributed by atoms with Crippen LogP contribution in [0.15, 0.2) is 47.4 Å². The maximum absolute atomic E-state index is 11.9. The largest absolute Gasteiger partial charge is 0.320 e. The van der Waals surface area contributed by atoms with Gasteiger partial charge in [0, 0.05) is 28.2 Å². The number of amides is 1. The predicted molar refractivity (Wildman–Crippen MR) is 93.5 cm³/mol. The van der Waals surface area contributed by atoms with Crippen LogP contribution in [0.4, 0.5) is 11.4 Å². The quantitative estimate of drug-likeness (QED) is 0.440. The van der Waals surface area contributed by atoms with Gasteiger partial charge in [-0.15, -0.1) is 11.8 Å². The number of halogens is 2. The minimum absolute atomic E-state index is 0.133. The van der Waals surface area contributed by atoms with Crippen molar-refractivity contribution in [2.45, 2.75) is 11.3 Å². The van der Waals surface area contributed by atoms with Gasteiger partial charge in [0.25, 0.3) is 5.69 Å². The predicted octanol–water partition coefficient (Wildman–Crippen LogP) is 5.02. The number of anilines is 1. The van der Waals surface area contributed by atoms with Crippen molar-refractivity contribution in [2.75, 3.05) is 11.1 Å². The molecular formula is C15H12Cl2N2O3S. The van der Waals surface area contributed by atoms with Crippen molar-refractivity contribution in [3.63, 3.8) is 0 Å². The Kier molecular flexibility index (Phi) is 6.27. The summed E-state index contributed by atoms with van der Waals surface area (Å²) in [6.07, 6.45) is 0.194. The summed E-state index contributed by atoms with van der Waals surface area (Å²) in [5, 5.41) is 14.6. The lowest BCUT2D eigenvalue weighted by Gasteiger charge is -2.07. The highest BCUT2D eigenvalue weighted by atomic mass is 35.5. The van der Waals surface area contributed by atoms with E-state index < -0.39 is 4.92 Å². The number of nitrogens with one attached hydrogen (secondary N) is 1. The third-order valence-electron chi connectivity index (χ3n) is 2.85. The van der Waals surface area contributed by atoms with E-state index >= 15 is 0 Å². The summed E-state index contributed by atoms with van der Waals surface area (Å²) in [4.78, 5) is 23.1. The highest BCUT2D eigenvalue weighted by Crippen LogP contribution is 2.30. The standard InChI is InChI=1S/C15H12Cl2N2O3S/c16-10-5-6-11(17)14(9-10)23-8-7-15(20)18-12-3-1-2-4-13(12)19(21)22/h1-6,9H,7-8H2,(H,18,20). The lowest BCUT2D eigenvalue weighted by Crippen LogP contribution is -2.13. The third-order valence-corrected chi connectivity index (χ3v) is 4.59. The number of hydrogen-bond acceptors (Lipinski definition) is 4. The molecule has 2 aromatic carbocycles. The van der Waals surface area contributed by atoms with Crippen LogP contribution < -0.4 is 5.32 Å². The normalized spacial score (nSPS) is 10.3. The van der Waals surface area contributed by atoms with Crippen LogP contribution in [-0.4, -0.2) is 16.6 Å². The Labute approximate surface area is 147 Å². The summed E-state index contributed by atoms with van der Waals surface area (Å²) in [6, 6.07) is 11.1. The summed E-state index contributed by atoms with van der Waals surface area (Å²) >= 11 is 13.3. The zero-order valence-electron chi connectivity index (χ0n) is 11.8. The molecule has 0 heterocycles. The van der Waals surface area contributed by atoms with Gasteiger partial charge < -0.3 is 5.32 Å². The van der Waals surface area contributed by atoms with Gasteiger partial charge in [-0.25, -0.2) is 0 Å². The van der Waals surface area contributed by atoms with E-state index in [9.17, 15) is 14.9 Å². The lowest BCUT2D eigenvalue weighted by molar-refractivity contribution is -0.383. The Bertz CT molecular complexity index is 740. The topological polar surface area (TPSA) is 72.2 Å². The van der Waals surface area contributed by atoms with Crippen molar-refractivity contribution in [3.05, 3.63) is 62.6 Å². The summed E-state index contributed by atoms with van der Waals surface area (Å²) in [7, 11) is 0. The molecule has 0 aliphatic heterocycles. The van der Waals surface area contributed by atoms with E-state index in [-0.39, 0.29) is 23.7 Å².